The molecule has 0 aliphatic rings. The molecule has 0 amide bonds. The van der Waals surface area contributed by atoms with Crippen molar-refractivity contribution in [2.75, 3.05) is 11.9 Å². The van der Waals surface area contributed by atoms with Crippen LogP contribution in [0.2, 0.25) is 5.02 Å². The number of pyridine rings is 2. The highest BCUT2D eigenvalue weighted by atomic mass is 35.5. The van der Waals surface area contributed by atoms with Crippen molar-refractivity contribution in [2.45, 2.75) is 19.9 Å². The molecule has 1 atom stereocenters. The number of halogens is 2. The van der Waals surface area contributed by atoms with Crippen LogP contribution in [-0.2, 0) is 0 Å². The van der Waals surface area contributed by atoms with Crippen LogP contribution in [0.15, 0.2) is 65.8 Å². The highest BCUT2D eigenvalue weighted by Gasteiger charge is 2.16. The van der Waals surface area contributed by atoms with E-state index in [4.69, 9.17) is 11.6 Å². The molecule has 4 rings (SSSR count). The Labute approximate surface area is 194 Å². The Morgan fingerprint density at radius 1 is 1.15 bits per heavy atom. The highest BCUT2D eigenvalue weighted by molar-refractivity contribution is 6.30. The molecule has 0 saturated heterocycles. The van der Waals surface area contributed by atoms with E-state index in [1.165, 1.54) is 22.8 Å². The van der Waals surface area contributed by atoms with E-state index in [0.717, 1.165) is 16.9 Å². The minimum atomic E-state index is -0.751. The normalized spacial score (nSPS) is 11.9. The van der Waals surface area contributed by atoms with Crippen LogP contribution >= 0.6 is 11.6 Å². The van der Waals surface area contributed by atoms with E-state index in [1.807, 2.05) is 19.9 Å². The second kappa shape index (κ2) is 9.48. The number of nitrogens with one attached hydrogen (secondary N) is 1. The van der Waals surface area contributed by atoms with Crippen LogP contribution in [0, 0.1) is 19.7 Å². The Morgan fingerprint density at radius 3 is 2.70 bits per heavy atom. The number of aliphatic hydroxyl groups excluding tert-OH is 1. The molecule has 0 unspecified atom stereocenters. The molecule has 0 aliphatic carbocycles. The zero-order chi connectivity index (χ0) is 23.5. The molecule has 3 aromatic heterocycles. The zero-order valence-corrected chi connectivity index (χ0v) is 18.7. The largest absolute Gasteiger partial charge is 0.394 e. The maximum atomic E-state index is 13.9. The second-order valence-electron chi connectivity index (χ2n) is 7.56. The van der Waals surface area contributed by atoms with E-state index >= 15 is 0 Å². The molecule has 0 spiro atoms. The molecule has 168 valence electrons. The van der Waals surface area contributed by atoms with E-state index in [9.17, 15) is 14.3 Å². The van der Waals surface area contributed by atoms with Gasteiger partial charge in [0, 0.05) is 41.6 Å². The van der Waals surface area contributed by atoms with Gasteiger partial charge >= 0.3 is 0 Å². The van der Waals surface area contributed by atoms with Crippen molar-refractivity contribution in [3.63, 3.8) is 0 Å². The average Bonchev–Trinajstić information content (AvgIpc) is 2.80. The van der Waals surface area contributed by atoms with Crippen molar-refractivity contribution >= 4 is 23.2 Å². The zero-order valence-electron chi connectivity index (χ0n) is 18.0. The van der Waals surface area contributed by atoms with Gasteiger partial charge in [-0.25, -0.2) is 14.4 Å². The third-order valence-electron chi connectivity index (χ3n) is 5.22. The number of hydrogen-bond acceptors (Lipinski definition) is 6. The Hall–Kier alpha value is -3.62. The van der Waals surface area contributed by atoms with Crippen LogP contribution < -0.4 is 10.9 Å². The van der Waals surface area contributed by atoms with Gasteiger partial charge in [0.1, 0.15) is 5.82 Å². The summed E-state index contributed by atoms with van der Waals surface area (Å²) in [5, 5.41) is 13.0. The lowest BCUT2D eigenvalue weighted by Crippen LogP contribution is -2.27. The molecule has 0 saturated carbocycles. The average molecular weight is 466 g/mol. The number of rotatable bonds is 6. The summed E-state index contributed by atoms with van der Waals surface area (Å²) in [6.07, 6.45) is 4.93. The quantitative estimate of drug-likeness (QED) is 0.437. The third kappa shape index (κ3) is 4.92. The minimum Gasteiger partial charge on any atom is -0.394 e. The Kier molecular flexibility index (Phi) is 6.48. The molecular formula is C24H21ClFN5O2. The SMILES string of the molecule is Cc1cc(Nc2nccc(-c3ccn([C@H](CO)c4ccc(Cl)c(F)c4)c(=O)c3)n2)c(C)cn1. The first-order valence-electron chi connectivity index (χ1n) is 10.2. The van der Waals surface area contributed by atoms with Crippen LogP contribution in [0.3, 0.4) is 0 Å². The number of benzene rings is 1. The summed E-state index contributed by atoms with van der Waals surface area (Å²) < 4.78 is 15.2. The van der Waals surface area contributed by atoms with Gasteiger partial charge in [-0.1, -0.05) is 17.7 Å². The van der Waals surface area contributed by atoms with Crippen LogP contribution in [0.4, 0.5) is 16.0 Å². The predicted molar refractivity (Wildman–Crippen MR) is 125 cm³/mol. The first-order chi connectivity index (χ1) is 15.9. The van der Waals surface area contributed by atoms with Crippen LogP contribution in [-0.4, -0.2) is 31.2 Å². The van der Waals surface area contributed by atoms with E-state index in [1.54, 1.807) is 36.8 Å². The fourth-order valence-corrected chi connectivity index (χ4v) is 3.56. The predicted octanol–water partition coefficient (Wildman–Crippen LogP) is 4.43. The minimum absolute atomic E-state index is 0.0246. The third-order valence-corrected chi connectivity index (χ3v) is 5.53. The van der Waals surface area contributed by atoms with Gasteiger partial charge in [-0.2, -0.15) is 0 Å². The van der Waals surface area contributed by atoms with Crippen molar-refractivity contribution in [1.29, 1.82) is 0 Å². The van der Waals surface area contributed by atoms with Crippen molar-refractivity contribution in [2.24, 2.45) is 0 Å². The Bertz CT molecular complexity index is 1380. The van der Waals surface area contributed by atoms with Gasteiger partial charge in [-0.3, -0.25) is 9.78 Å². The van der Waals surface area contributed by atoms with Gasteiger partial charge in [0.25, 0.3) is 5.56 Å². The van der Waals surface area contributed by atoms with E-state index < -0.39 is 11.9 Å². The lowest BCUT2D eigenvalue weighted by molar-refractivity contribution is 0.247. The summed E-state index contributed by atoms with van der Waals surface area (Å²) in [6, 6.07) is 10.2. The van der Waals surface area contributed by atoms with Gasteiger partial charge in [0.05, 0.1) is 23.4 Å². The molecule has 2 N–H and O–H groups in total. The maximum Gasteiger partial charge on any atom is 0.251 e. The lowest BCUT2D eigenvalue weighted by Gasteiger charge is -2.18. The summed E-state index contributed by atoms with van der Waals surface area (Å²) >= 11 is 5.75. The maximum absolute atomic E-state index is 13.9. The molecule has 7 nitrogen and oxygen atoms in total. The van der Waals surface area contributed by atoms with Gasteiger partial charge in [-0.15, -0.1) is 0 Å². The molecule has 9 heteroatoms. The number of hydrogen-bond donors (Lipinski definition) is 2. The van der Waals surface area contributed by atoms with Gasteiger partial charge < -0.3 is 15.0 Å². The number of anilines is 2. The molecule has 1 aromatic carbocycles. The smallest absolute Gasteiger partial charge is 0.251 e. The summed E-state index contributed by atoms with van der Waals surface area (Å²) in [5.74, 6) is -0.229. The highest BCUT2D eigenvalue weighted by Crippen LogP contribution is 2.24. The number of aromatic nitrogens is 4. The van der Waals surface area contributed by atoms with Crippen molar-refractivity contribution in [3.8, 4) is 11.3 Å². The number of aliphatic hydroxyl groups is 1. The first kappa shape index (κ1) is 22.6. The van der Waals surface area contributed by atoms with E-state index in [-0.39, 0.29) is 17.2 Å². The number of nitrogens with zero attached hydrogens (tertiary/aromatic N) is 4. The van der Waals surface area contributed by atoms with E-state index in [2.05, 4.69) is 20.3 Å². The summed E-state index contributed by atoms with van der Waals surface area (Å²) in [7, 11) is 0. The monoisotopic (exact) mass is 465 g/mol. The standard InChI is InChI=1S/C24H21ClFN5O2/c1-14-12-28-15(2)9-21(14)30-24-27-7-5-20(29-24)16-6-8-31(23(33)11-16)22(13-32)17-3-4-18(25)19(26)10-17/h3-12,22,32H,13H2,1-2H3,(H,27,28,29,30)/t22-/m1/s1. The van der Waals surface area contributed by atoms with Crippen LogP contribution in [0.25, 0.3) is 11.3 Å². The summed E-state index contributed by atoms with van der Waals surface area (Å²) in [4.78, 5) is 25.9. The lowest BCUT2D eigenvalue weighted by atomic mass is 10.1. The molecular weight excluding hydrogens is 445 g/mol. The van der Waals surface area contributed by atoms with Crippen molar-refractivity contribution in [1.82, 2.24) is 19.5 Å². The van der Waals surface area contributed by atoms with Crippen LogP contribution in [0.5, 0.6) is 0 Å². The van der Waals surface area contributed by atoms with E-state index in [0.29, 0.717) is 22.8 Å². The van der Waals surface area contributed by atoms with Gasteiger partial charge in [0.15, 0.2) is 0 Å². The number of aryl methyl sites for hydroxylation is 2. The Morgan fingerprint density at radius 2 is 1.97 bits per heavy atom. The van der Waals surface area contributed by atoms with Gasteiger partial charge in [0.2, 0.25) is 5.95 Å². The topological polar surface area (TPSA) is 92.9 Å². The van der Waals surface area contributed by atoms with Crippen molar-refractivity contribution < 1.29 is 9.50 Å². The fraction of sp³-hybridized carbons (Fsp3) is 0.167. The van der Waals surface area contributed by atoms with Crippen molar-refractivity contribution in [3.05, 3.63) is 99.1 Å². The second-order valence-corrected chi connectivity index (χ2v) is 7.97. The van der Waals surface area contributed by atoms with Gasteiger partial charge in [-0.05, 0) is 55.3 Å². The fourth-order valence-electron chi connectivity index (χ4n) is 3.44. The molecule has 0 aliphatic heterocycles. The Balaban J connectivity index is 1.64. The molecule has 0 fully saturated rings. The molecule has 4 aromatic rings. The molecule has 0 bridgehead atoms. The van der Waals surface area contributed by atoms with Crippen LogP contribution in [0.1, 0.15) is 22.9 Å². The summed E-state index contributed by atoms with van der Waals surface area (Å²) in [6.45, 7) is 3.45. The first-order valence-corrected chi connectivity index (χ1v) is 10.5. The molecule has 33 heavy (non-hydrogen) atoms. The summed E-state index contributed by atoms with van der Waals surface area (Å²) in [5.41, 5.74) is 3.87. The molecule has 0 radical (unpaired) electrons. The molecule has 3 heterocycles.